The minimum atomic E-state index is -0.150. The minimum absolute atomic E-state index is 0.150. The highest BCUT2D eigenvalue weighted by molar-refractivity contribution is 5.40. The summed E-state index contributed by atoms with van der Waals surface area (Å²) in [6.45, 7) is 2.98. The van der Waals surface area contributed by atoms with E-state index in [1.54, 1.807) is 7.11 Å². The zero-order valence-corrected chi connectivity index (χ0v) is 9.14. The number of hydrogen-bond donors (Lipinski definition) is 1. The van der Waals surface area contributed by atoms with E-state index in [0.29, 0.717) is 5.75 Å². The highest BCUT2D eigenvalue weighted by Crippen LogP contribution is 2.31. The molecule has 15 heavy (non-hydrogen) atoms. The molecule has 0 spiro atoms. The largest absolute Gasteiger partial charge is 0.497 e. The van der Waals surface area contributed by atoms with E-state index in [9.17, 15) is 4.39 Å². The van der Waals surface area contributed by atoms with Gasteiger partial charge in [0.25, 0.3) is 0 Å². The van der Waals surface area contributed by atoms with Gasteiger partial charge in [0.05, 0.1) is 7.11 Å². The van der Waals surface area contributed by atoms with Crippen molar-refractivity contribution in [3.05, 3.63) is 29.1 Å². The lowest BCUT2D eigenvalue weighted by Crippen LogP contribution is -2.30. The van der Waals surface area contributed by atoms with E-state index in [0.717, 1.165) is 30.5 Å². The number of benzene rings is 1. The molecule has 1 heterocycles. The molecule has 2 nitrogen and oxygen atoms in total. The van der Waals surface area contributed by atoms with Gasteiger partial charge in [-0.15, -0.1) is 0 Å². The average molecular weight is 209 g/mol. The lowest BCUT2D eigenvalue weighted by atomic mass is 9.92. The third kappa shape index (κ3) is 1.84. The van der Waals surface area contributed by atoms with E-state index >= 15 is 0 Å². The Kier molecular flexibility index (Phi) is 2.91. The van der Waals surface area contributed by atoms with Crippen LogP contribution >= 0.6 is 0 Å². The van der Waals surface area contributed by atoms with Gasteiger partial charge in [0.15, 0.2) is 0 Å². The fraction of sp³-hybridized carbons (Fsp3) is 0.500. The minimum Gasteiger partial charge on any atom is -0.497 e. The number of methoxy groups -OCH3 is 1. The first-order chi connectivity index (χ1) is 7.26. The van der Waals surface area contributed by atoms with Crippen molar-refractivity contribution >= 4 is 0 Å². The third-order valence-corrected chi connectivity index (χ3v) is 2.97. The molecule has 0 radical (unpaired) electrons. The van der Waals surface area contributed by atoms with E-state index in [1.807, 2.05) is 6.07 Å². The van der Waals surface area contributed by atoms with Gasteiger partial charge in [-0.2, -0.15) is 0 Å². The Balaban J connectivity index is 2.47. The van der Waals surface area contributed by atoms with Crippen molar-refractivity contribution in [2.24, 2.45) is 0 Å². The third-order valence-electron chi connectivity index (χ3n) is 2.97. The number of halogens is 1. The number of fused-ring (bicyclic) bond motifs is 1. The number of hydrogen-bond acceptors (Lipinski definition) is 2. The molecule has 0 amide bonds. The number of nitrogens with one attached hydrogen (secondary N) is 1. The average Bonchev–Trinajstić information content (AvgIpc) is 2.27. The van der Waals surface area contributed by atoms with Crippen molar-refractivity contribution in [1.29, 1.82) is 0 Å². The first-order valence-electron chi connectivity index (χ1n) is 5.36. The Labute approximate surface area is 89.4 Å². The van der Waals surface area contributed by atoms with Crippen LogP contribution in [0.25, 0.3) is 0 Å². The standard InChI is InChI=1S/C12H16FNO/c1-3-11-12-8(4-5-14-11)6-9(15-2)7-10(12)13/h6-7,11,14H,3-5H2,1-2H3. The van der Waals surface area contributed by atoms with E-state index in [2.05, 4.69) is 12.2 Å². The van der Waals surface area contributed by atoms with Crippen LogP contribution in [0.3, 0.4) is 0 Å². The van der Waals surface area contributed by atoms with Crippen LogP contribution in [0.2, 0.25) is 0 Å². The number of rotatable bonds is 2. The zero-order chi connectivity index (χ0) is 10.8. The summed E-state index contributed by atoms with van der Waals surface area (Å²) < 4.78 is 18.9. The topological polar surface area (TPSA) is 21.3 Å². The van der Waals surface area contributed by atoms with Gasteiger partial charge in [-0.25, -0.2) is 4.39 Å². The van der Waals surface area contributed by atoms with Gasteiger partial charge in [0, 0.05) is 17.7 Å². The Hall–Kier alpha value is -1.09. The van der Waals surface area contributed by atoms with Crippen molar-refractivity contribution in [2.75, 3.05) is 13.7 Å². The SMILES string of the molecule is CCC1NCCc2cc(OC)cc(F)c21. The van der Waals surface area contributed by atoms with Crippen LogP contribution in [0.4, 0.5) is 4.39 Å². The van der Waals surface area contributed by atoms with Gasteiger partial charge >= 0.3 is 0 Å². The summed E-state index contributed by atoms with van der Waals surface area (Å²) in [4.78, 5) is 0. The molecule has 1 atom stereocenters. The van der Waals surface area contributed by atoms with Gasteiger partial charge in [0.2, 0.25) is 0 Å². The Bertz CT molecular complexity index is 365. The van der Waals surface area contributed by atoms with E-state index in [4.69, 9.17) is 4.74 Å². The van der Waals surface area contributed by atoms with Crippen LogP contribution < -0.4 is 10.1 Å². The van der Waals surface area contributed by atoms with Crippen LogP contribution in [-0.2, 0) is 6.42 Å². The fourth-order valence-electron chi connectivity index (χ4n) is 2.19. The zero-order valence-electron chi connectivity index (χ0n) is 9.14. The van der Waals surface area contributed by atoms with Gasteiger partial charge < -0.3 is 10.1 Å². The summed E-state index contributed by atoms with van der Waals surface area (Å²) in [5.41, 5.74) is 1.90. The molecule has 0 bridgehead atoms. The van der Waals surface area contributed by atoms with Crippen molar-refractivity contribution in [3.8, 4) is 5.75 Å². The molecule has 1 aromatic rings. The molecule has 82 valence electrons. The maximum atomic E-state index is 13.8. The van der Waals surface area contributed by atoms with Gasteiger partial charge in [0.1, 0.15) is 11.6 Å². The second-order valence-electron chi connectivity index (χ2n) is 3.85. The van der Waals surface area contributed by atoms with Crippen LogP contribution in [0.1, 0.15) is 30.5 Å². The summed E-state index contributed by atoms with van der Waals surface area (Å²) in [6.07, 6.45) is 1.79. The normalized spacial score (nSPS) is 19.8. The summed E-state index contributed by atoms with van der Waals surface area (Å²) >= 11 is 0. The monoisotopic (exact) mass is 209 g/mol. The van der Waals surface area contributed by atoms with Gasteiger partial charge in [-0.3, -0.25) is 0 Å². The lowest BCUT2D eigenvalue weighted by molar-refractivity contribution is 0.403. The molecule has 0 aromatic heterocycles. The van der Waals surface area contributed by atoms with Crippen molar-refractivity contribution in [3.63, 3.8) is 0 Å². The van der Waals surface area contributed by atoms with E-state index in [1.165, 1.54) is 6.07 Å². The summed E-state index contributed by atoms with van der Waals surface area (Å²) in [5.74, 6) is 0.464. The molecule has 1 unspecified atom stereocenters. The molecule has 1 aliphatic heterocycles. The molecule has 1 aliphatic rings. The summed E-state index contributed by atoms with van der Waals surface area (Å²) in [6, 6.07) is 3.57. The lowest BCUT2D eigenvalue weighted by Gasteiger charge is -2.26. The van der Waals surface area contributed by atoms with Crippen LogP contribution in [0.15, 0.2) is 12.1 Å². The van der Waals surface area contributed by atoms with E-state index in [-0.39, 0.29) is 11.9 Å². The first-order valence-corrected chi connectivity index (χ1v) is 5.36. The molecule has 2 rings (SSSR count). The highest BCUT2D eigenvalue weighted by Gasteiger charge is 2.22. The maximum absolute atomic E-state index is 13.8. The molecule has 0 aliphatic carbocycles. The Morgan fingerprint density at radius 2 is 2.33 bits per heavy atom. The molecular formula is C12H16FNO. The van der Waals surface area contributed by atoms with Crippen molar-refractivity contribution < 1.29 is 9.13 Å². The molecule has 3 heteroatoms. The second-order valence-corrected chi connectivity index (χ2v) is 3.85. The quantitative estimate of drug-likeness (QED) is 0.807. The molecule has 1 aromatic carbocycles. The van der Waals surface area contributed by atoms with Gasteiger partial charge in [-0.05, 0) is 31.0 Å². The maximum Gasteiger partial charge on any atom is 0.131 e. The van der Waals surface area contributed by atoms with Gasteiger partial charge in [-0.1, -0.05) is 6.92 Å². The predicted molar refractivity (Wildman–Crippen MR) is 57.7 cm³/mol. The predicted octanol–water partition coefficient (Wildman–Crippen LogP) is 2.43. The smallest absolute Gasteiger partial charge is 0.131 e. The van der Waals surface area contributed by atoms with Crippen molar-refractivity contribution in [2.45, 2.75) is 25.8 Å². The summed E-state index contributed by atoms with van der Waals surface area (Å²) in [7, 11) is 1.57. The second kappa shape index (κ2) is 4.19. The number of ether oxygens (including phenoxy) is 1. The Morgan fingerprint density at radius 1 is 1.53 bits per heavy atom. The van der Waals surface area contributed by atoms with Crippen LogP contribution in [-0.4, -0.2) is 13.7 Å². The Morgan fingerprint density at radius 3 is 3.00 bits per heavy atom. The highest BCUT2D eigenvalue weighted by atomic mass is 19.1. The van der Waals surface area contributed by atoms with Crippen LogP contribution in [0.5, 0.6) is 5.75 Å². The van der Waals surface area contributed by atoms with Crippen LogP contribution in [0, 0.1) is 5.82 Å². The molecule has 0 saturated heterocycles. The van der Waals surface area contributed by atoms with Crippen molar-refractivity contribution in [1.82, 2.24) is 5.32 Å². The molecular weight excluding hydrogens is 193 g/mol. The molecule has 0 saturated carbocycles. The van der Waals surface area contributed by atoms with E-state index < -0.39 is 0 Å². The summed E-state index contributed by atoms with van der Waals surface area (Å²) in [5, 5.41) is 3.32. The molecule has 0 fully saturated rings. The fourth-order valence-corrected chi connectivity index (χ4v) is 2.19. The molecule has 1 N–H and O–H groups in total. The first kappa shape index (κ1) is 10.4.